The van der Waals surface area contributed by atoms with Gasteiger partial charge in [0.05, 0.1) is 5.57 Å². The van der Waals surface area contributed by atoms with E-state index in [0.29, 0.717) is 34.0 Å². The van der Waals surface area contributed by atoms with Gasteiger partial charge in [0.25, 0.3) is 0 Å². The molecule has 0 spiro atoms. The van der Waals surface area contributed by atoms with E-state index in [4.69, 9.17) is 4.74 Å². The predicted molar refractivity (Wildman–Crippen MR) is 121 cm³/mol. The Kier molecular flexibility index (Phi) is 4.39. The topological polar surface area (TPSA) is 69.4 Å². The van der Waals surface area contributed by atoms with Crippen LogP contribution in [0.3, 0.4) is 0 Å². The first kappa shape index (κ1) is 19.2. The normalized spacial score (nSPS) is 22.1. The Balaban J connectivity index is 1.53. The third kappa shape index (κ3) is 2.88. The van der Waals surface area contributed by atoms with Crippen LogP contribution in [0.4, 0.5) is 5.69 Å². The molecule has 5 heteroatoms. The fourth-order valence-electron chi connectivity index (χ4n) is 5.33. The molecule has 1 aliphatic heterocycles. The van der Waals surface area contributed by atoms with Crippen molar-refractivity contribution >= 4 is 23.0 Å². The van der Waals surface area contributed by atoms with E-state index in [2.05, 4.69) is 10.3 Å². The van der Waals surface area contributed by atoms with Crippen molar-refractivity contribution in [3.8, 4) is 5.75 Å². The minimum absolute atomic E-state index is 0.104. The lowest BCUT2D eigenvalue weighted by atomic mass is 9.76. The fourth-order valence-corrected chi connectivity index (χ4v) is 5.33. The summed E-state index contributed by atoms with van der Waals surface area (Å²) in [6.45, 7) is 2.00. The lowest BCUT2D eigenvalue weighted by molar-refractivity contribution is -0.363. The van der Waals surface area contributed by atoms with Crippen LogP contribution in [0.5, 0.6) is 5.75 Å². The number of rotatable bonds is 2. The molecule has 2 aromatic carbocycles. The summed E-state index contributed by atoms with van der Waals surface area (Å²) >= 11 is 0. The zero-order chi connectivity index (χ0) is 21.8. The van der Waals surface area contributed by atoms with Gasteiger partial charge in [0.15, 0.2) is 11.5 Å². The van der Waals surface area contributed by atoms with Gasteiger partial charge in [0.1, 0.15) is 5.57 Å². The summed E-state index contributed by atoms with van der Waals surface area (Å²) < 4.78 is 6.34. The summed E-state index contributed by atoms with van der Waals surface area (Å²) in [6, 6.07) is 13.3. The average molecular weight is 426 g/mol. The third-order valence-corrected chi connectivity index (χ3v) is 6.97. The summed E-state index contributed by atoms with van der Waals surface area (Å²) in [4.78, 5) is 30.8. The number of aryl methyl sites for hydroxylation is 1. The highest BCUT2D eigenvalue weighted by atomic mass is 16.5. The van der Waals surface area contributed by atoms with Gasteiger partial charge in [-0.15, -0.1) is 0 Å². The molecule has 160 valence electrons. The maximum Gasteiger partial charge on any atom is 0.249 e. The molecule has 32 heavy (non-hydrogen) atoms. The second kappa shape index (κ2) is 7.30. The largest absolute Gasteiger partial charge is 0.468 e. The van der Waals surface area contributed by atoms with Crippen molar-refractivity contribution in [2.45, 2.75) is 51.2 Å². The molecule has 2 aromatic rings. The second-order valence-corrected chi connectivity index (χ2v) is 9.04. The molecule has 1 saturated carbocycles. The van der Waals surface area contributed by atoms with Crippen molar-refractivity contribution in [3.05, 3.63) is 82.1 Å². The number of para-hydroxylation sites is 1. The van der Waals surface area contributed by atoms with Crippen LogP contribution in [0.15, 0.2) is 65.4 Å². The van der Waals surface area contributed by atoms with Crippen LogP contribution < -0.4 is 15.0 Å². The maximum absolute atomic E-state index is 13.7. The van der Waals surface area contributed by atoms with Crippen molar-refractivity contribution in [2.24, 2.45) is 0 Å². The zero-order valence-electron chi connectivity index (χ0n) is 18.0. The van der Waals surface area contributed by atoms with E-state index >= 15 is 0 Å². The molecule has 1 unspecified atom stereocenters. The van der Waals surface area contributed by atoms with E-state index in [-0.39, 0.29) is 11.6 Å². The summed E-state index contributed by atoms with van der Waals surface area (Å²) in [5, 5.41) is 3.62. The number of hydrogen-bond donors (Lipinski definition) is 2. The number of fused-ring (bicyclic) bond motifs is 4. The smallest absolute Gasteiger partial charge is 0.249 e. The van der Waals surface area contributed by atoms with E-state index in [0.717, 1.165) is 35.5 Å². The van der Waals surface area contributed by atoms with Gasteiger partial charge >= 0.3 is 0 Å². The molecule has 0 amide bonds. The molecule has 0 radical (unpaired) electrons. The summed E-state index contributed by atoms with van der Waals surface area (Å²) in [6.07, 6.45) is 7.27. The summed E-state index contributed by atoms with van der Waals surface area (Å²) in [7, 11) is 0. The molecule has 5 nitrogen and oxygen atoms in total. The van der Waals surface area contributed by atoms with Crippen LogP contribution in [0, 0.1) is 6.92 Å². The van der Waals surface area contributed by atoms with Crippen LogP contribution in [0.1, 0.15) is 58.4 Å². The Morgan fingerprint density at radius 3 is 2.38 bits per heavy atom. The number of nitrogens with one attached hydrogen (secondary N) is 2. The van der Waals surface area contributed by atoms with E-state index in [1.54, 1.807) is 12.1 Å². The summed E-state index contributed by atoms with van der Waals surface area (Å²) in [5.41, 5.74) is 5.10. The number of ether oxygens (including phenoxy) is 1. The molecule has 1 heterocycles. The SMILES string of the molecule is Cc1cccc2c1[NH+]=C1C3=C(C(=O)c4ccccc4C3=O)C(NC3CCCCC3)=CC1O2. The molecule has 1 atom stereocenters. The summed E-state index contributed by atoms with van der Waals surface area (Å²) in [5.74, 6) is 0.526. The Morgan fingerprint density at radius 1 is 0.906 bits per heavy atom. The van der Waals surface area contributed by atoms with Gasteiger partial charge in [-0.2, -0.15) is 0 Å². The molecule has 2 N–H and O–H groups in total. The molecule has 0 bridgehead atoms. The Hall–Kier alpha value is -3.47. The molecular weight excluding hydrogens is 400 g/mol. The van der Waals surface area contributed by atoms with Gasteiger partial charge in [0, 0.05) is 28.4 Å². The second-order valence-electron chi connectivity index (χ2n) is 9.04. The van der Waals surface area contributed by atoms with Crippen molar-refractivity contribution in [1.82, 2.24) is 5.32 Å². The standard InChI is InChI=1S/C27H24N2O3/c1-15-8-7-13-20-24(15)29-25-21(32-20)14-19(28-16-9-3-2-4-10-16)22-23(25)27(31)18-12-6-5-11-17(18)26(22)30/h5-8,11-14,16,21,28H,2-4,9-10H2,1H3/p+1. The monoisotopic (exact) mass is 425 g/mol. The van der Waals surface area contributed by atoms with Crippen molar-refractivity contribution in [2.75, 3.05) is 0 Å². The highest BCUT2D eigenvalue weighted by molar-refractivity contribution is 6.39. The van der Waals surface area contributed by atoms with Gasteiger partial charge in [-0.3, -0.25) is 9.59 Å². The zero-order valence-corrected chi connectivity index (χ0v) is 18.0. The van der Waals surface area contributed by atoms with Crippen LogP contribution in [-0.2, 0) is 0 Å². The predicted octanol–water partition coefficient (Wildman–Crippen LogP) is 3.10. The van der Waals surface area contributed by atoms with Gasteiger partial charge < -0.3 is 10.1 Å². The van der Waals surface area contributed by atoms with Gasteiger partial charge in [-0.25, -0.2) is 4.99 Å². The Bertz CT molecular complexity index is 1260. The van der Waals surface area contributed by atoms with Gasteiger partial charge in [-0.05, 0) is 31.9 Å². The number of carbonyl (C=O) groups is 2. The van der Waals surface area contributed by atoms with E-state index < -0.39 is 6.10 Å². The molecule has 4 aliphatic rings. The van der Waals surface area contributed by atoms with Crippen LogP contribution >= 0.6 is 0 Å². The lowest BCUT2D eigenvalue weighted by Gasteiger charge is -2.33. The minimum Gasteiger partial charge on any atom is -0.468 e. The number of carbonyl (C=O) groups excluding carboxylic acids is 2. The first-order chi connectivity index (χ1) is 15.6. The molecule has 3 aliphatic carbocycles. The highest BCUT2D eigenvalue weighted by Crippen LogP contribution is 2.37. The lowest BCUT2D eigenvalue weighted by Crippen LogP contribution is -2.74. The van der Waals surface area contributed by atoms with Crippen LogP contribution in [-0.4, -0.2) is 29.4 Å². The molecule has 1 fully saturated rings. The Morgan fingerprint density at radius 2 is 1.62 bits per heavy atom. The van der Waals surface area contributed by atoms with Crippen LogP contribution in [0.25, 0.3) is 0 Å². The quantitative estimate of drug-likeness (QED) is 0.776. The highest BCUT2D eigenvalue weighted by Gasteiger charge is 2.46. The van der Waals surface area contributed by atoms with Crippen molar-refractivity contribution in [1.29, 1.82) is 0 Å². The van der Waals surface area contributed by atoms with E-state index in [9.17, 15) is 9.59 Å². The first-order valence-corrected chi connectivity index (χ1v) is 11.4. The molecule has 0 saturated heterocycles. The average Bonchev–Trinajstić information content (AvgIpc) is 2.82. The number of ketones is 2. The van der Waals surface area contributed by atoms with Crippen molar-refractivity contribution in [3.63, 3.8) is 0 Å². The maximum atomic E-state index is 13.7. The van der Waals surface area contributed by atoms with E-state index in [1.165, 1.54) is 19.3 Å². The number of Topliss-reactive ketones (excluding diaryl/α,β-unsaturated/α-hetero) is 2. The van der Waals surface area contributed by atoms with E-state index in [1.807, 2.05) is 43.3 Å². The Labute approximate surface area is 186 Å². The van der Waals surface area contributed by atoms with Gasteiger partial charge in [-0.1, -0.05) is 55.7 Å². The minimum atomic E-state index is -0.448. The number of allylic oxidation sites excluding steroid dienone is 1. The molecular formula is C27H25N2O3+. The number of benzene rings is 2. The number of hydrogen-bond acceptors (Lipinski definition) is 4. The fraction of sp³-hybridized carbons (Fsp3) is 0.296. The van der Waals surface area contributed by atoms with Gasteiger partial charge in [0.2, 0.25) is 23.3 Å². The molecule has 0 aromatic heterocycles. The first-order valence-electron chi connectivity index (χ1n) is 11.4. The van der Waals surface area contributed by atoms with Crippen molar-refractivity contribution < 1.29 is 19.3 Å². The third-order valence-electron chi connectivity index (χ3n) is 6.97. The molecule has 6 rings (SSSR count). The van der Waals surface area contributed by atoms with Crippen LogP contribution in [0.2, 0.25) is 0 Å².